The zero-order valence-corrected chi connectivity index (χ0v) is 38.4. The predicted molar refractivity (Wildman–Crippen MR) is 233 cm³/mol. The number of carbonyl (C=O) groups excluding carboxylic acids is 6. The molecule has 0 radical (unpaired) electrons. The van der Waals surface area contributed by atoms with E-state index in [2.05, 4.69) is 31.9 Å². The monoisotopic (exact) mass is 935 g/mol. The summed E-state index contributed by atoms with van der Waals surface area (Å²) in [5.74, 6) is -1.20. The van der Waals surface area contributed by atoms with Gasteiger partial charge in [0.1, 0.15) is 42.7 Å². The Morgan fingerprint density at radius 1 is 0.462 bits per heavy atom. The van der Waals surface area contributed by atoms with Gasteiger partial charge in [-0.2, -0.15) is 0 Å². The topological polar surface area (TPSA) is 333 Å². The number of unbranched alkanes of at least 4 members (excludes halogenated alkanes) is 7. The fraction of sp³-hybridized carbons (Fsp3) is 0.860. The molecule has 0 unspecified atom stereocenters. The van der Waals surface area contributed by atoms with Gasteiger partial charge < -0.3 is 81.5 Å². The SMILES string of the molecule is CNC(=O)CCCCCCC(=O)N[C@@H](CCCCNC(=O)CCCCC(=O)NCCO[C@@H]1O[C@@H](C)[C@@H](O)[C@@H](O)[C@@H]1O)C(=O)NCCCCCC(=O)NCCO[C@@H]1O[C@@H](C)[C@@H](O)[C@@H](O)[C@@H]1O. The lowest BCUT2D eigenvalue weighted by Gasteiger charge is -2.38. The van der Waals surface area contributed by atoms with E-state index in [0.29, 0.717) is 77.3 Å². The van der Waals surface area contributed by atoms with Crippen LogP contribution in [0.5, 0.6) is 0 Å². The molecular weight excluding hydrogens is 856 g/mol. The summed E-state index contributed by atoms with van der Waals surface area (Å²) in [6, 6.07) is -0.772. The summed E-state index contributed by atoms with van der Waals surface area (Å²) < 4.78 is 21.5. The van der Waals surface area contributed by atoms with E-state index >= 15 is 0 Å². The van der Waals surface area contributed by atoms with Crippen molar-refractivity contribution in [2.75, 3.05) is 46.4 Å². The van der Waals surface area contributed by atoms with Crippen LogP contribution in [-0.2, 0) is 47.7 Å². The van der Waals surface area contributed by atoms with Crippen molar-refractivity contribution < 1.29 is 78.4 Å². The quantitative estimate of drug-likeness (QED) is 0.0317. The molecule has 376 valence electrons. The molecule has 0 saturated carbocycles. The number of ether oxygens (including phenoxy) is 4. The maximum Gasteiger partial charge on any atom is 0.242 e. The van der Waals surface area contributed by atoms with Crippen LogP contribution in [0.15, 0.2) is 0 Å². The van der Waals surface area contributed by atoms with Crippen LogP contribution in [-0.4, -0.2) is 180 Å². The molecule has 65 heavy (non-hydrogen) atoms. The lowest BCUT2D eigenvalue weighted by molar-refractivity contribution is -0.292. The molecule has 11 atom stereocenters. The molecule has 2 rings (SSSR count). The molecule has 0 aromatic carbocycles. The minimum atomic E-state index is -1.43. The van der Waals surface area contributed by atoms with Gasteiger partial charge in [0, 0.05) is 65.3 Å². The molecule has 2 aliphatic rings. The van der Waals surface area contributed by atoms with E-state index in [0.717, 1.165) is 19.3 Å². The van der Waals surface area contributed by atoms with Gasteiger partial charge in [0.2, 0.25) is 35.4 Å². The zero-order valence-electron chi connectivity index (χ0n) is 38.4. The molecule has 0 aromatic heterocycles. The van der Waals surface area contributed by atoms with Crippen LogP contribution >= 0.6 is 0 Å². The number of rotatable bonds is 33. The Morgan fingerprint density at radius 2 is 0.846 bits per heavy atom. The normalized spacial score (nSPS) is 25.8. The van der Waals surface area contributed by atoms with E-state index in [9.17, 15) is 59.4 Å². The Morgan fingerprint density at radius 3 is 1.32 bits per heavy atom. The molecule has 12 N–H and O–H groups in total. The summed E-state index contributed by atoms with van der Waals surface area (Å²) in [5.41, 5.74) is 0. The zero-order chi connectivity index (χ0) is 48.1. The fourth-order valence-corrected chi connectivity index (χ4v) is 7.08. The van der Waals surface area contributed by atoms with Crippen molar-refractivity contribution in [1.29, 1.82) is 0 Å². The summed E-state index contributed by atoms with van der Waals surface area (Å²) in [7, 11) is 1.59. The molecule has 2 heterocycles. The molecule has 0 bridgehead atoms. The van der Waals surface area contributed by atoms with Crippen molar-refractivity contribution in [1.82, 2.24) is 31.9 Å². The molecular formula is C43H78N6O16. The molecule has 6 amide bonds. The third kappa shape index (κ3) is 23.6. The second-order valence-electron chi connectivity index (χ2n) is 16.7. The first-order valence-electron chi connectivity index (χ1n) is 23.3. The van der Waals surface area contributed by atoms with Crippen molar-refractivity contribution in [3.63, 3.8) is 0 Å². The van der Waals surface area contributed by atoms with Gasteiger partial charge >= 0.3 is 0 Å². The van der Waals surface area contributed by atoms with Crippen LogP contribution < -0.4 is 31.9 Å². The van der Waals surface area contributed by atoms with Crippen LogP contribution in [0.3, 0.4) is 0 Å². The maximum atomic E-state index is 13.2. The Bertz CT molecular complexity index is 1420. The highest BCUT2D eigenvalue weighted by atomic mass is 16.7. The Labute approximate surface area is 382 Å². The average Bonchev–Trinajstić information content (AvgIpc) is 3.28. The standard InChI is InChI=1S/C43H78N6O16/c1-27-35(55)37(57)39(59)42(64-27)62-25-23-46-32(52)17-9-6-13-22-48-41(61)29(49-34(54)20-8-5-4-7-16-30(50)44-3)15-12-14-21-45-31(51)18-10-11-19-33(53)47-24-26-63-43-40(60)38(58)36(56)28(2)65-43/h27-29,35-40,42-43,55-60H,4-26H2,1-3H3,(H,44,50)(H,45,51)(H,46,52)(H,47,53)(H,48,61)(H,49,54)/t27-,28-,29-,35+,36+,37+,38+,39-,40-,42+,43+/m0/s1. The van der Waals surface area contributed by atoms with Crippen molar-refractivity contribution >= 4 is 35.4 Å². The Hall–Kier alpha value is -3.58. The predicted octanol–water partition coefficient (Wildman–Crippen LogP) is -2.00. The van der Waals surface area contributed by atoms with Gasteiger partial charge in [0.15, 0.2) is 12.6 Å². The average molecular weight is 935 g/mol. The van der Waals surface area contributed by atoms with Gasteiger partial charge in [-0.15, -0.1) is 0 Å². The maximum absolute atomic E-state index is 13.2. The first-order valence-corrected chi connectivity index (χ1v) is 23.3. The third-order valence-corrected chi connectivity index (χ3v) is 11.2. The summed E-state index contributed by atoms with van der Waals surface area (Å²) in [4.78, 5) is 74.3. The number of carbonyl (C=O) groups is 6. The van der Waals surface area contributed by atoms with Crippen molar-refractivity contribution in [2.45, 2.75) is 190 Å². The highest BCUT2D eigenvalue weighted by Crippen LogP contribution is 2.22. The molecule has 2 aliphatic heterocycles. The largest absolute Gasteiger partial charge is 0.388 e. The summed E-state index contributed by atoms with van der Waals surface area (Å²) in [5, 5.41) is 75.9. The highest BCUT2D eigenvalue weighted by Gasteiger charge is 2.43. The van der Waals surface area contributed by atoms with Crippen molar-refractivity contribution in [3.05, 3.63) is 0 Å². The van der Waals surface area contributed by atoms with Crippen molar-refractivity contribution in [2.24, 2.45) is 0 Å². The van der Waals surface area contributed by atoms with Gasteiger partial charge in [-0.25, -0.2) is 0 Å². The smallest absolute Gasteiger partial charge is 0.242 e. The summed E-state index contributed by atoms with van der Waals surface area (Å²) in [6.45, 7) is 4.15. The third-order valence-electron chi connectivity index (χ3n) is 11.2. The van der Waals surface area contributed by atoms with Gasteiger partial charge in [0.25, 0.3) is 0 Å². The van der Waals surface area contributed by atoms with Crippen molar-refractivity contribution in [3.8, 4) is 0 Å². The van der Waals surface area contributed by atoms with E-state index in [-0.39, 0.29) is 87.4 Å². The van der Waals surface area contributed by atoms with Crippen LogP contribution in [0.1, 0.15) is 123 Å². The lowest BCUT2D eigenvalue weighted by atomic mass is 10.0. The molecule has 2 fully saturated rings. The number of hydrogen-bond acceptors (Lipinski definition) is 16. The molecule has 0 aromatic rings. The van der Waals surface area contributed by atoms with Gasteiger partial charge in [-0.1, -0.05) is 19.3 Å². The van der Waals surface area contributed by atoms with E-state index in [1.165, 1.54) is 0 Å². The molecule has 2 saturated heterocycles. The van der Waals surface area contributed by atoms with Crippen LogP contribution in [0.4, 0.5) is 0 Å². The number of amides is 6. The van der Waals surface area contributed by atoms with Crippen LogP contribution in [0.2, 0.25) is 0 Å². The van der Waals surface area contributed by atoms with Crippen LogP contribution in [0, 0.1) is 0 Å². The van der Waals surface area contributed by atoms with E-state index in [1.807, 2.05) is 0 Å². The molecule has 22 nitrogen and oxygen atoms in total. The lowest BCUT2D eigenvalue weighted by Crippen LogP contribution is -2.57. The second-order valence-corrected chi connectivity index (χ2v) is 16.7. The minimum absolute atomic E-state index is 0.0169. The fourth-order valence-electron chi connectivity index (χ4n) is 7.08. The van der Waals surface area contributed by atoms with Crippen LogP contribution in [0.25, 0.3) is 0 Å². The summed E-state index contributed by atoms with van der Waals surface area (Å²) in [6.07, 6.45) is -3.31. The number of nitrogens with one attached hydrogen (secondary N) is 6. The Balaban J connectivity index is 1.63. The van der Waals surface area contributed by atoms with E-state index in [1.54, 1.807) is 20.9 Å². The number of hydrogen-bond donors (Lipinski definition) is 12. The minimum Gasteiger partial charge on any atom is -0.388 e. The first kappa shape index (κ1) is 57.5. The molecule has 0 spiro atoms. The molecule has 0 aliphatic carbocycles. The molecule has 22 heteroatoms. The Kier molecular flexibility index (Phi) is 29.2. The summed E-state index contributed by atoms with van der Waals surface area (Å²) >= 11 is 0. The van der Waals surface area contributed by atoms with E-state index < -0.39 is 67.5 Å². The number of aliphatic hydroxyl groups excluding tert-OH is 6. The number of aliphatic hydroxyl groups is 6. The first-order chi connectivity index (χ1) is 31.0. The highest BCUT2D eigenvalue weighted by molar-refractivity contribution is 5.87. The van der Waals surface area contributed by atoms with Gasteiger partial charge in [-0.3, -0.25) is 28.8 Å². The van der Waals surface area contributed by atoms with Gasteiger partial charge in [0.05, 0.1) is 25.4 Å². The van der Waals surface area contributed by atoms with Gasteiger partial charge in [-0.05, 0) is 71.6 Å². The second kappa shape index (κ2) is 33.0. The van der Waals surface area contributed by atoms with E-state index in [4.69, 9.17) is 18.9 Å².